The van der Waals surface area contributed by atoms with E-state index >= 15 is 0 Å². The number of rotatable bonds is 5. The van der Waals surface area contributed by atoms with Crippen LogP contribution in [0.4, 0.5) is 0 Å². The first-order chi connectivity index (χ1) is 16.5. The molecule has 5 rings (SSSR count). The lowest BCUT2D eigenvalue weighted by Gasteiger charge is -2.39. The third-order valence-electron chi connectivity index (χ3n) is 7.15. The quantitative estimate of drug-likeness (QED) is 0.608. The number of hydrogen-bond acceptors (Lipinski definition) is 6. The Morgan fingerprint density at radius 2 is 2.03 bits per heavy atom. The second-order valence-corrected chi connectivity index (χ2v) is 10.4. The second kappa shape index (κ2) is 9.80. The van der Waals surface area contributed by atoms with Crippen LogP contribution in [-0.4, -0.2) is 69.8 Å². The second-order valence-electron chi connectivity index (χ2n) is 9.47. The Balaban J connectivity index is 1.38. The molecule has 3 aromatic rings. The summed E-state index contributed by atoms with van der Waals surface area (Å²) in [6.07, 6.45) is 8.14. The van der Waals surface area contributed by atoms with Gasteiger partial charge >= 0.3 is 0 Å². The average molecular weight is 478 g/mol. The van der Waals surface area contributed by atoms with Crippen LogP contribution in [0.1, 0.15) is 52.9 Å². The lowest BCUT2D eigenvalue weighted by atomic mass is 9.89. The van der Waals surface area contributed by atoms with Gasteiger partial charge in [0.05, 0.1) is 23.2 Å². The minimum absolute atomic E-state index is 0.0490. The number of pyridine rings is 2. The maximum absolute atomic E-state index is 13.6. The van der Waals surface area contributed by atoms with Crippen LogP contribution in [0.15, 0.2) is 42.2 Å². The lowest BCUT2D eigenvalue weighted by Crippen LogP contribution is -2.56. The SMILES string of the molecule is Cc1csc([C@@H]2CCN(C(=O)c3cncc4cccnc34)C[C@H]2NC(=O)[C@@H](C)N2CCCC2)c1. The van der Waals surface area contributed by atoms with E-state index in [1.165, 1.54) is 10.4 Å². The molecule has 7 nitrogen and oxygen atoms in total. The maximum Gasteiger partial charge on any atom is 0.257 e. The van der Waals surface area contributed by atoms with Gasteiger partial charge in [0.1, 0.15) is 0 Å². The van der Waals surface area contributed by atoms with Crippen LogP contribution < -0.4 is 5.32 Å². The van der Waals surface area contributed by atoms with Gasteiger partial charge in [-0.05, 0) is 75.3 Å². The smallest absolute Gasteiger partial charge is 0.257 e. The Labute approximate surface area is 204 Å². The van der Waals surface area contributed by atoms with E-state index in [0.29, 0.717) is 24.2 Å². The van der Waals surface area contributed by atoms with Crippen molar-refractivity contribution in [3.63, 3.8) is 0 Å². The molecule has 2 saturated heterocycles. The molecule has 0 bridgehead atoms. The molecule has 5 heterocycles. The van der Waals surface area contributed by atoms with Gasteiger partial charge in [-0.1, -0.05) is 0 Å². The zero-order chi connectivity index (χ0) is 23.7. The van der Waals surface area contributed by atoms with Gasteiger partial charge in [-0.25, -0.2) is 0 Å². The summed E-state index contributed by atoms with van der Waals surface area (Å²) in [7, 11) is 0. The van der Waals surface area contributed by atoms with Crippen LogP contribution in [0.5, 0.6) is 0 Å². The number of carbonyl (C=O) groups is 2. The minimum Gasteiger partial charge on any atom is -0.350 e. The third kappa shape index (κ3) is 4.57. The van der Waals surface area contributed by atoms with Gasteiger partial charge in [-0.2, -0.15) is 0 Å². The summed E-state index contributed by atoms with van der Waals surface area (Å²) in [6.45, 7) is 7.14. The number of carbonyl (C=O) groups excluding carboxylic acids is 2. The fraction of sp³-hybridized carbons (Fsp3) is 0.462. The Bertz CT molecular complexity index is 1180. The molecular weight excluding hydrogens is 446 g/mol. The number of aryl methyl sites for hydroxylation is 1. The molecule has 1 N–H and O–H groups in total. The standard InChI is InChI=1S/C26H31N5O2S/c1-17-12-23(34-16-17)20-7-11-31(15-22(20)29-25(32)18(2)30-9-3-4-10-30)26(33)21-14-27-13-19-6-5-8-28-24(19)21/h5-6,8,12-14,16,18,20,22H,3-4,7,9-11,15H2,1-2H3,(H,29,32)/t18-,20-,22-/m1/s1. The van der Waals surface area contributed by atoms with E-state index in [1.807, 2.05) is 24.0 Å². The summed E-state index contributed by atoms with van der Waals surface area (Å²) < 4.78 is 0. The van der Waals surface area contributed by atoms with E-state index < -0.39 is 0 Å². The molecule has 3 atom stereocenters. The summed E-state index contributed by atoms with van der Waals surface area (Å²) in [4.78, 5) is 40.9. The molecule has 0 aromatic carbocycles. The Morgan fingerprint density at radius 1 is 1.21 bits per heavy atom. The molecule has 2 amide bonds. The summed E-state index contributed by atoms with van der Waals surface area (Å²) in [5.74, 6) is 0.165. The highest BCUT2D eigenvalue weighted by atomic mass is 32.1. The van der Waals surface area contributed by atoms with E-state index in [9.17, 15) is 9.59 Å². The van der Waals surface area contributed by atoms with E-state index in [1.54, 1.807) is 29.9 Å². The Kier molecular flexibility index (Phi) is 6.61. The largest absolute Gasteiger partial charge is 0.350 e. The first-order valence-electron chi connectivity index (χ1n) is 12.1. The van der Waals surface area contributed by atoms with Crippen LogP contribution >= 0.6 is 11.3 Å². The van der Waals surface area contributed by atoms with Crippen molar-refractivity contribution >= 4 is 34.1 Å². The van der Waals surface area contributed by atoms with Crippen LogP contribution in [0.3, 0.4) is 0 Å². The predicted octanol–water partition coefficient (Wildman–Crippen LogP) is 3.60. The third-order valence-corrected chi connectivity index (χ3v) is 8.34. The fourth-order valence-corrected chi connectivity index (χ4v) is 6.30. The van der Waals surface area contributed by atoms with Crippen molar-refractivity contribution in [2.24, 2.45) is 0 Å². The number of aromatic nitrogens is 2. The molecule has 0 radical (unpaired) electrons. The van der Waals surface area contributed by atoms with Gasteiger partial charge in [-0.3, -0.25) is 24.5 Å². The highest BCUT2D eigenvalue weighted by molar-refractivity contribution is 7.10. The summed E-state index contributed by atoms with van der Waals surface area (Å²) >= 11 is 1.74. The van der Waals surface area contributed by atoms with Crippen molar-refractivity contribution in [1.29, 1.82) is 0 Å². The highest BCUT2D eigenvalue weighted by Gasteiger charge is 2.36. The molecule has 0 unspecified atom stereocenters. The number of nitrogens with one attached hydrogen (secondary N) is 1. The molecule has 0 aliphatic carbocycles. The van der Waals surface area contributed by atoms with Crippen LogP contribution in [-0.2, 0) is 4.79 Å². The van der Waals surface area contributed by atoms with Crippen molar-refractivity contribution in [3.05, 3.63) is 58.2 Å². The Hall–Kier alpha value is -2.84. The van der Waals surface area contributed by atoms with E-state index in [0.717, 1.165) is 37.7 Å². The minimum atomic E-state index is -0.161. The van der Waals surface area contributed by atoms with Crippen molar-refractivity contribution in [2.45, 2.75) is 51.1 Å². The van der Waals surface area contributed by atoms with Gasteiger partial charge in [0.2, 0.25) is 5.91 Å². The first kappa shape index (κ1) is 22.9. The van der Waals surface area contributed by atoms with Crippen LogP contribution in [0.25, 0.3) is 10.9 Å². The molecule has 0 saturated carbocycles. The van der Waals surface area contributed by atoms with E-state index in [-0.39, 0.29) is 29.8 Å². The molecule has 34 heavy (non-hydrogen) atoms. The number of amides is 2. The number of hydrogen-bond donors (Lipinski definition) is 1. The van der Waals surface area contributed by atoms with E-state index in [2.05, 4.69) is 38.6 Å². The molecule has 2 aliphatic rings. The number of fused-ring (bicyclic) bond motifs is 1. The topological polar surface area (TPSA) is 78.4 Å². The van der Waals surface area contributed by atoms with Gasteiger partial charge < -0.3 is 10.2 Å². The summed E-state index contributed by atoms with van der Waals surface area (Å²) in [6, 6.07) is 5.68. The maximum atomic E-state index is 13.6. The molecule has 2 fully saturated rings. The van der Waals surface area contributed by atoms with Crippen molar-refractivity contribution < 1.29 is 9.59 Å². The number of likely N-dealkylation sites (tertiary alicyclic amines) is 2. The van der Waals surface area contributed by atoms with Gasteiger partial charge in [-0.15, -0.1) is 11.3 Å². The molecule has 8 heteroatoms. The van der Waals surface area contributed by atoms with Crippen molar-refractivity contribution in [3.8, 4) is 0 Å². The normalized spacial score (nSPS) is 22.1. The predicted molar refractivity (Wildman–Crippen MR) is 134 cm³/mol. The zero-order valence-electron chi connectivity index (χ0n) is 19.7. The van der Waals surface area contributed by atoms with Gasteiger partial charge in [0, 0.05) is 47.9 Å². The highest BCUT2D eigenvalue weighted by Crippen LogP contribution is 2.34. The van der Waals surface area contributed by atoms with Crippen molar-refractivity contribution in [2.75, 3.05) is 26.2 Å². The summed E-state index contributed by atoms with van der Waals surface area (Å²) in [5, 5.41) is 6.34. The number of nitrogens with zero attached hydrogens (tertiary/aromatic N) is 4. The van der Waals surface area contributed by atoms with Gasteiger partial charge in [0.25, 0.3) is 5.91 Å². The molecule has 2 aliphatic heterocycles. The average Bonchev–Trinajstić information content (AvgIpc) is 3.55. The fourth-order valence-electron chi connectivity index (χ4n) is 5.20. The van der Waals surface area contributed by atoms with E-state index in [4.69, 9.17) is 0 Å². The molecule has 178 valence electrons. The van der Waals surface area contributed by atoms with Crippen LogP contribution in [0.2, 0.25) is 0 Å². The number of piperidine rings is 1. The van der Waals surface area contributed by atoms with Crippen molar-refractivity contribution in [1.82, 2.24) is 25.1 Å². The lowest BCUT2D eigenvalue weighted by molar-refractivity contribution is -0.126. The van der Waals surface area contributed by atoms with Crippen LogP contribution in [0, 0.1) is 6.92 Å². The zero-order valence-corrected chi connectivity index (χ0v) is 20.6. The molecule has 0 spiro atoms. The van der Waals surface area contributed by atoms with Gasteiger partial charge in [0.15, 0.2) is 0 Å². The Morgan fingerprint density at radius 3 is 2.79 bits per heavy atom. The molecule has 3 aromatic heterocycles. The number of thiophene rings is 1. The molecular formula is C26H31N5O2S. The first-order valence-corrected chi connectivity index (χ1v) is 13.0. The monoisotopic (exact) mass is 477 g/mol. The summed E-state index contributed by atoms with van der Waals surface area (Å²) in [5.41, 5.74) is 2.42.